The SMILES string of the molecule is Cc1nc(-c2ccc(C(O)=C=O)cc2)c(C)nc1-c1ccc(C(=O)O)cc1. The van der Waals surface area contributed by atoms with Gasteiger partial charge in [0.25, 0.3) is 0 Å². The Morgan fingerprint density at radius 1 is 0.778 bits per heavy atom. The number of carboxylic acid groups (broad SMARTS) is 1. The quantitative estimate of drug-likeness (QED) is 0.541. The Balaban J connectivity index is 2.00. The standard InChI is InChI=1S/C21H16N2O4/c1-12-19(15-5-3-14(4-6-15)18(25)11-24)22-13(2)20(23-12)16-7-9-17(10-8-16)21(26)27/h3-10,25H,1-2H3,(H,26,27). The van der Waals surface area contributed by atoms with Gasteiger partial charge in [0.05, 0.1) is 28.3 Å². The molecule has 0 bridgehead atoms. The molecule has 0 saturated heterocycles. The van der Waals surface area contributed by atoms with Crippen molar-refractivity contribution in [2.24, 2.45) is 0 Å². The third-order valence-electron chi connectivity index (χ3n) is 4.18. The molecule has 27 heavy (non-hydrogen) atoms. The molecule has 0 saturated carbocycles. The largest absolute Gasteiger partial charge is 0.499 e. The van der Waals surface area contributed by atoms with Crippen LogP contribution in [0.3, 0.4) is 0 Å². The fraction of sp³-hybridized carbons (Fsp3) is 0.0952. The fourth-order valence-corrected chi connectivity index (χ4v) is 2.77. The maximum atomic E-state index is 11.0. The molecule has 3 aromatic rings. The summed E-state index contributed by atoms with van der Waals surface area (Å²) in [5.74, 6) is 0.0341. The second-order valence-corrected chi connectivity index (χ2v) is 6.00. The van der Waals surface area contributed by atoms with Gasteiger partial charge in [-0.2, -0.15) is 0 Å². The number of nitrogens with zero attached hydrogens (tertiary/aromatic N) is 2. The van der Waals surface area contributed by atoms with Crippen molar-refractivity contribution in [2.75, 3.05) is 0 Å². The predicted molar refractivity (Wildman–Crippen MR) is 101 cm³/mol. The summed E-state index contributed by atoms with van der Waals surface area (Å²) in [5.41, 5.74) is 4.98. The van der Waals surface area contributed by atoms with E-state index in [9.17, 15) is 14.7 Å². The Morgan fingerprint density at radius 3 is 1.56 bits per heavy atom. The zero-order valence-corrected chi connectivity index (χ0v) is 14.7. The van der Waals surface area contributed by atoms with Crippen molar-refractivity contribution < 1.29 is 19.8 Å². The van der Waals surface area contributed by atoms with E-state index >= 15 is 0 Å². The van der Waals surface area contributed by atoms with Gasteiger partial charge in [0, 0.05) is 16.7 Å². The van der Waals surface area contributed by atoms with Gasteiger partial charge in [-0.05, 0) is 38.1 Å². The molecule has 0 radical (unpaired) electrons. The van der Waals surface area contributed by atoms with E-state index in [1.54, 1.807) is 36.4 Å². The lowest BCUT2D eigenvalue weighted by molar-refractivity contribution is 0.0697. The van der Waals surface area contributed by atoms with Gasteiger partial charge in [-0.15, -0.1) is 0 Å². The highest BCUT2D eigenvalue weighted by Gasteiger charge is 2.13. The maximum absolute atomic E-state index is 11.0. The number of carbonyl (C=O) groups excluding carboxylic acids is 1. The smallest absolute Gasteiger partial charge is 0.335 e. The summed E-state index contributed by atoms with van der Waals surface area (Å²) in [6, 6.07) is 13.2. The van der Waals surface area contributed by atoms with Crippen LogP contribution in [-0.4, -0.2) is 32.1 Å². The van der Waals surface area contributed by atoms with Crippen LogP contribution >= 0.6 is 0 Å². The highest BCUT2D eigenvalue weighted by atomic mass is 16.4. The predicted octanol–water partition coefficient (Wildman–Crippen LogP) is 3.86. The molecule has 0 amide bonds. The first-order valence-corrected chi connectivity index (χ1v) is 8.14. The molecule has 0 unspecified atom stereocenters. The minimum atomic E-state index is -0.977. The monoisotopic (exact) mass is 360 g/mol. The zero-order chi connectivity index (χ0) is 19.6. The van der Waals surface area contributed by atoms with Crippen LogP contribution in [0.15, 0.2) is 48.5 Å². The Morgan fingerprint density at radius 2 is 1.19 bits per heavy atom. The van der Waals surface area contributed by atoms with Crippen LogP contribution in [0, 0.1) is 13.8 Å². The summed E-state index contributed by atoms with van der Waals surface area (Å²) in [7, 11) is 0. The van der Waals surface area contributed by atoms with E-state index in [1.807, 2.05) is 13.8 Å². The zero-order valence-electron chi connectivity index (χ0n) is 14.7. The fourth-order valence-electron chi connectivity index (χ4n) is 2.77. The van der Waals surface area contributed by atoms with Crippen LogP contribution in [0.1, 0.15) is 27.3 Å². The molecule has 0 aliphatic carbocycles. The first-order chi connectivity index (χ1) is 12.9. The molecule has 3 rings (SSSR count). The lowest BCUT2D eigenvalue weighted by Crippen LogP contribution is -2.00. The lowest BCUT2D eigenvalue weighted by atomic mass is 10.0. The van der Waals surface area contributed by atoms with Crippen molar-refractivity contribution in [1.82, 2.24) is 9.97 Å². The van der Waals surface area contributed by atoms with Crippen molar-refractivity contribution in [1.29, 1.82) is 0 Å². The van der Waals surface area contributed by atoms with Gasteiger partial charge in [0.15, 0.2) is 5.94 Å². The Hall–Kier alpha value is -3.76. The molecule has 6 heteroatoms. The van der Waals surface area contributed by atoms with Gasteiger partial charge in [-0.1, -0.05) is 24.3 Å². The summed E-state index contributed by atoms with van der Waals surface area (Å²) in [6.07, 6.45) is 0. The number of aryl methyl sites for hydroxylation is 2. The number of carboxylic acids is 1. The van der Waals surface area contributed by atoms with E-state index in [0.29, 0.717) is 28.3 Å². The lowest BCUT2D eigenvalue weighted by Gasteiger charge is -2.11. The van der Waals surface area contributed by atoms with E-state index in [4.69, 9.17) is 5.11 Å². The molecular formula is C21H16N2O4. The van der Waals surface area contributed by atoms with Gasteiger partial charge in [0.2, 0.25) is 5.76 Å². The first-order valence-electron chi connectivity index (χ1n) is 8.14. The number of hydrogen-bond donors (Lipinski definition) is 2. The molecule has 0 aliphatic heterocycles. The summed E-state index contributed by atoms with van der Waals surface area (Å²) >= 11 is 0. The summed E-state index contributed by atoms with van der Waals surface area (Å²) in [6.45, 7) is 3.68. The van der Waals surface area contributed by atoms with Crippen molar-refractivity contribution in [3.05, 3.63) is 71.0 Å². The molecule has 0 aliphatic rings. The van der Waals surface area contributed by atoms with Crippen LogP contribution in [0.5, 0.6) is 0 Å². The molecule has 1 heterocycles. The molecule has 2 aromatic carbocycles. The Bertz CT molecular complexity index is 1060. The van der Waals surface area contributed by atoms with Gasteiger partial charge in [0.1, 0.15) is 0 Å². The highest BCUT2D eigenvalue weighted by Crippen LogP contribution is 2.27. The third-order valence-corrected chi connectivity index (χ3v) is 4.18. The molecule has 2 N–H and O–H groups in total. The number of rotatable bonds is 4. The van der Waals surface area contributed by atoms with Gasteiger partial charge in [-0.3, -0.25) is 0 Å². The van der Waals surface area contributed by atoms with Crippen molar-refractivity contribution in [2.45, 2.75) is 13.8 Å². The molecule has 0 spiro atoms. The number of aromatic nitrogens is 2. The van der Waals surface area contributed by atoms with Crippen LogP contribution in [0.2, 0.25) is 0 Å². The van der Waals surface area contributed by atoms with Gasteiger partial charge >= 0.3 is 5.97 Å². The minimum Gasteiger partial charge on any atom is -0.499 e. The number of aliphatic hydroxyl groups is 1. The molecule has 134 valence electrons. The van der Waals surface area contributed by atoms with Crippen molar-refractivity contribution in [3.8, 4) is 22.5 Å². The second kappa shape index (κ2) is 7.23. The van der Waals surface area contributed by atoms with Crippen LogP contribution in [0.4, 0.5) is 0 Å². The van der Waals surface area contributed by atoms with E-state index in [-0.39, 0.29) is 5.56 Å². The molecule has 0 atom stereocenters. The number of aromatic carboxylic acids is 1. The maximum Gasteiger partial charge on any atom is 0.335 e. The van der Waals surface area contributed by atoms with Crippen LogP contribution in [-0.2, 0) is 4.79 Å². The summed E-state index contributed by atoms with van der Waals surface area (Å²) in [5, 5.41) is 18.4. The molecular weight excluding hydrogens is 344 g/mol. The Labute approximate surface area is 155 Å². The minimum absolute atomic E-state index is 0.213. The Kier molecular flexibility index (Phi) is 4.83. The van der Waals surface area contributed by atoms with E-state index in [2.05, 4.69) is 9.97 Å². The van der Waals surface area contributed by atoms with Crippen molar-refractivity contribution in [3.63, 3.8) is 0 Å². The van der Waals surface area contributed by atoms with E-state index in [1.165, 1.54) is 18.1 Å². The number of aliphatic hydroxyl groups excluding tert-OH is 1. The molecule has 6 nitrogen and oxygen atoms in total. The highest BCUT2D eigenvalue weighted by molar-refractivity contribution is 5.88. The number of carbonyl (C=O) groups is 1. The summed E-state index contributed by atoms with van der Waals surface area (Å²) < 4.78 is 0. The molecule has 1 aromatic heterocycles. The van der Waals surface area contributed by atoms with E-state index in [0.717, 1.165) is 11.1 Å². The summed E-state index contributed by atoms with van der Waals surface area (Å²) in [4.78, 5) is 30.8. The van der Waals surface area contributed by atoms with Gasteiger partial charge in [-0.25, -0.2) is 19.6 Å². The number of benzene rings is 2. The third kappa shape index (κ3) is 3.61. The normalized spacial score (nSPS) is 10.3. The van der Waals surface area contributed by atoms with E-state index < -0.39 is 11.7 Å². The number of hydrogen-bond acceptors (Lipinski definition) is 5. The average molecular weight is 360 g/mol. The van der Waals surface area contributed by atoms with Crippen LogP contribution in [0.25, 0.3) is 28.3 Å². The van der Waals surface area contributed by atoms with Crippen molar-refractivity contribution >= 4 is 17.7 Å². The first kappa shape index (κ1) is 18.0. The van der Waals surface area contributed by atoms with Gasteiger partial charge < -0.3 is 10.2 Å². The molecule has 0 fully saturated rings. The topological polar surface area (TPSA) is 100 Å². The van der Waals surface area contributed by atoms with Crippen LogP contribution < -0.4 is 0 Å². The second-order valence-electron chi connectivity index (χ2n) is 6.00. The average Bonchev–Trinajstić information content (AvgIpc) is 2.69.